The summed E-state index contributed by atoms with van der Waals surface area (Å²) in [6.45, 7) is 4.50. The number of nitrogens with zero attached hydrogens (tertiary/aromatic N) is 5. The smallest absolute Gasteiger partial charge is 0.257 e. The van der Waals surface area contributed by atoms with E-state index >= 15 is 0 Å². The molecule has 8 heteroatoms. The average molecular weight is 263 g/mol. The molecule has 0 saturated carbocycles. The molecular weight excluding hydrogens is 246 g/mol. The molecule has 19 heavy (non-hydrogen) atoms. The first-order valence-electron chi connectivity index (χ1n) is 6.10. The van der Waals surface area contributed by atoms with Crippen LogP contribution in [0.2, 0.25) is 0 Å². The van der Waals surface area contributed by atoms with E-state index in [-0.39, 0.29) is 12.6 Å². The Morgan fingerprint density at radius 1 is 1.32 bits per heavy atom. The standard InChI is InChI=1S/C11H17N7O/c1-3-12-9-15-10(14-8(2)7-19)17-11(16-9)18-6-4-5-13-18/h4-6,8,19H,3,7H2,1-2H3,(H2,12,14,15,16,17). The van der Waals surface area contributed by atoms with Gasteiger partial charge < -0.3 is 15.7 Å². The summed E-state index contributed by atoms with van der Waals surface area (Å²) in [4.78, 5) is 12.7. The fourth-order valence-corrected chi connectivity index (χ4v) is 1.42. The van der Waals surface area contributed by atoms with E-state index in [0.29, 0.717) is 24.4 Å². The zero-order valence-electron chi connectivity index (χ0n) is 10.9. The molecule has 0 bridgehead atoms. The van der Waals surface area contributed by atoms with Crippen molar-refractivity contribution in [3.63, 3.8) is 0 Å². The van der Waals surface area contributed by atoms with Crippen molar-refractivity contribution in [3.05, 3.63) is 18.5 Å². The minimum atomic E-state index is -0.137. The molecule has 102 valence electrons. The monoisotopic (exact) mass is 263 g/mol. The van der Waals surface area contributed by atoms with Crippen molar-refractivity contribution in [1.29, 1.82) is 0 Å². The summed E-state index contributed by atoms with van der Waals surface area (Å²) >= 11 is 0. The molecule has 0 aliphatic heterocycles. The molecular formula is C11H17N7O. The summed E-state index contributed by atoms with van der Waals surface area (Å²) in [7, 11) is 0. The van der Waals surface area contributed by atoms with Crippen molar-refractivity contribution in [2.75, 3.05) is 23.8 Å². The van der Waals surface area contributed by atoms with Gasteiger partial charge in [-0.2, -0.15) is 20.1 Å². The number of hydrogen-bond donors (Lipinski definition) is 3. The van der Waals surface area contributed by atoms with Gasteiger partial charge in [-0.05, 0) is 19.9 Å². The van der Waals surface area contributed by atoms with E-state index < -0.39 is 0 Å². The molecule has 2 heterocycles. The van der Waals surface area contributed by atoms with Crippen LogP contribution in [-0.4, -0.2) is 49.0 Å². The molecule has 1 atom stereocenters. The summed E-state index contributed by atoms with van der Waals surface area (Å²) in [6, 6.07) is 1.66. The Labute approximate surface area is 110 Å². The van der Waals surface area contributed by atoms with Gasteiger partial charge >= 0.3 is 0 Å². The minimum Gasteiger partial charge on any atom is -0.394 e. The highest BCUT2D eigenvalue weighted by atomic mass is 16.3. The number of anilines is 2. The normalized spacial score (nSPS) is 12.2. The van der Waals surface area contributed by atoms with Gasteiger partial charge in [-0.3, -0.25) is 0 Å². The van der Waals surface area contributed by atoms with Gasteiger partial charge in [0.1, 0.15) is 0 Å². The van der Waals surface area contributed by atoms with Gasteiger partial charge in [0, 0.05) is 25.0 Å². The highest BCUT2D eigenvalue weighted by molar-refractivity contribution is 5.38. The zero-order valence-corrected chi connectivity index (χ0v) is 10.9. The molecule has 8 nitrogen and oxygen atoms in total. The fourth-order valence-electron chi connectivity index (χ4n) is 1.42. The van der Waals surface area contributed by atoms with Crippen LogP contribution in [0, 0.1) is 0 Å². The van der Waals surface area contributed by atoms with Crippen molar-refractivity contribution in [2.24, 2.45) is 0 Å². The predicted octanol–water partition coefficient (Wildman–Crippen LogP) is 0.282. The molecule has 2 rings (SSSR count). The third-order valence-electron chi connectivity index (χ3n) is 2.32. The van der Waals surface area contributed by atoms with Crippen LogP contribution in [-0.2, 0) is 0 Å². The second kappa shape index (κ2) is 6.10. The van der Waals surface area contributed by atoms with E-state index in [2.05, 4.69) is 30.7 Å². The Balaban J connectivity index is 2.32. The van der Waals surface area contributed by atoms with E-state index in [1.165, 1.54) is 0 Å². The number of aromatic nitrogens is 5. The maximum Gasteiger partial charge on any atom is 0.257 e. The van der Waals surface area contributed by atoms with Gasteiger partial charge in [0.2, 0.25) is 11.9 Å². The molecule has 1 unspecified atom stereocenters. The van der Waals surface area contributed by atoms with Crippen molar-refractivity contribution >= 4 is 11.9 Å². The number of aliphatic hydroxyl groups is 1. The van der Waals surface area contributed by atoms with Crippen LogP contribution >= 0.6 is 0 Å². The maximum atomic E-state index is 9.06. The fraction of sp³-hybridized carbons (Fsp3) is 0.455. The summed E-state index contributed by atoms with van der Waals surface area (Å²) in [5.41, 5.74) is 0. The SMILES string of the molecule is CCNc1nc(NC(C)CO)nc(-n2cccn2)n1. The number of nitrogens with one attached hydrogen (secondary N) is 2. The molecule has 0 aromatic carbocycles. The van der Waals surface area contributed by atoms with Crippen LogP contribution in [0.15, 0.2) is 18.5 Å². The van der Waals surface area contributed by atoms with Gasteiger partial charge in [0.05, 0.1) is 6.61 Å². The molecule has 2 aromatic heterocycles. The Bertz CT molecular complexity index is 514. The van der Waals surface area contributed by atoms with E-state index in [9.17, 15) is 0 Å². The topological polar surface area (TPSA) is 101 Å². The third kappa shape index (κ3) is 3.38. The Morgan fingerprint density at radius 3 is 2.74 bits per heavy atom. The zero-order chi connectivity index (χ0) is 13.7. The molecule has 0 fully saturated rings. The van der Waals surface area contributed by atoms with Crippen molar-refractivity contribution in [2.45, 2.75) is 19.9 Å². The average Bonchev–Trinajstić information content (AvgIpc) is 2.92. The highest BCUT2D eigenvalue weighted by Crippen LogP contribution is 2.09. The number of aliphatic hydroxyl groups excluding tert-OH is 1. The first-order valence-corrected chi connectivity index (χ1v) is 6.10. The van der Waals surface area contributed by atoms with Crippen LogP contribution in [0.4, 0.5) is 11.9 Å². The van der Waals surface area contributed by atoms with Gasteiger partial charge in [0.15, 0.2) is 0 Å². The summed E-state index contributed by atoms with van der Waals surface area (Å²) in [5, 5.41) is 19.2. The lowest BCUT2D eigenvalue weighted by Crippen LogP contribution is -2.22. The highest BCUT2D eigenvalue weighted by Gasteiger charge is 2.09. The lowest BCUT2D eigenvalue weighted by molar-refractivity contribution is 0.281. The van der Waals surface area contributed by atoms with Crippen LogP contribution in [0.3, 0.4) is 0 Å². The largest absolute Gasteiger partial charge is 0.394 e. The van der Waals surface area contributed by atoms with Crippen LogP contribution in [0.5, 0.6) is 0 Å². The maximum absolute atomic E-state index is 9.06. The summed E-state index contributed by atoms with van der Waals surface area (Å²) < 4.78 is 1.55. The molecule has 0 saturated heterocycles. The molecule has 2 aromatic rings. The first kappa shape index (κ1) is 13.2. The van der Waals surface area contributed by atoms with Crippen molar-refractivity contribution in [1.82, 2.24) is 24.7 Å². The molecule has 0 aliphatic carbocycles. The Kier molecular flexibility index (Phi) is 4.24. The molecule has 0 spiro atoms. The van der Waals surface area contributed by atoms with Crippen LogP contribution < -0.4 is 10.6 Å². The minimum absolute atomic E-state index is 0.000669. The first-order chi connectivity index (χ1) is 9.22. The lowest BCUT2D eigenvalue weighted by Gasteiger charge is -2.12. The molecule has 0 aliphatic rings. The number of hydrogen-bond acceptors (Lipinski definition) is 7. The van der Waals surface area contributed by atoms with E-state index in [4.69, 9.17) is 5.11 Å². The van der Waals surface area contributed by atoms with Gasteiger partial charge in [-0.25, -0.2) is 4.68 Å². The lowest BCUT2D eigenvalue weighted by atomic mass is 10.4. The Hall–Kier alpha value is -2.22. The predicted molar refractivity (Wildman–Crippen MR) is 71.3 cm³/mol. The van der Waals surface area contributed by atoms with Gasteiger partial charge in [-0.15, -0.1) is 0 Å². The van der Waals surface area contributed by atoms with E-state index in [0.717, 1.165) is 0 Å². The van der Waals surface area contributed by atoms with Crippen LogP contribution in [0.1, 0.15) is 13.8 Å². The molecule has 0 amide bonds. The molecule has 3 N–H and O–H groups in total. The van der Waals surface area contributed by atoms with Gasteiger partial charge in [0.25, 0.3) is 5.95 Å². The quantitative estimate of drug-likeness (QED) is 0.688. The van der Waals surface area contributed by atoms with Gasteiger partial charge in [-0.1, -0.05) is 0 Å². The van der Waals surface area contributed by atoms with Crippen molar-refractivity contribution in [3.8, 4) is 5.95 Å². The number of rotatable bonds is 6. The Morgan fingerprint density at radius 2 is 2.11 bits per heavy atom. The van der Waals surface area contributed by atoms with Crippen molar-refractivity contribution < 1.29 is 5.11 Å². The summed E-state index contributed by atoms with van der Waals surface area (Å²) in [5.74, 6) is 1.29. The van der Waals surface area contributed by atoms with Crippen LogP contribution in [0.25, 0.3) is 5.95 Å². The van der Waals surface area contributed by atoms with E-state index in [1.54, 1.807) is 23.1 Å². The third-order valence-corrected chi connectivity index (χ3v) is 2.32. The van der Waals surface area contributed by atoms with E-state index in [1.807, 2.05) is 13.8 Å². The second-order valence-corrected chi connectivity index (χ2v) is 3.99. The second-order valence-electron chi connectivity index (χ2n) is 3.99. The molecule has 0 radical (unpaired) electrons. The summed E-state index contributed by atoms with van der Waals surface area (Å²) in [6.07, 6.45) is 3.41.